The van der Waals surface area contributed by atoms with E-state index in [9.17, 15) is 22.2 Å². The van der Waals surface area contributed by atoms with E-state index in [2.05, 4.69) is 4.18 Å². The summed E-state index contributed by atoms with van der Waals surface area (Å²) in [5.74, 6) is -1.63. The van der Waals surface area contributed by atoms with Gasteiger partial charge in [0.2, 0.25) is 6.79 Å². The second-order valence-electron chi connectivity index (χ2n) is 6.67. The number of ether oxygens (including phenoxy) is 3. The second kappa shape index (κ2) is 7.52. The summed E-state index contributed by atoms with van der Waals surface area (Å²) >= 11 is 0. The van der Waals surface area contributed by atoms with E-state index in [0.717, 1.165) is 6.42 Å². The van der Waals surface area contributed by atoms with Crippen LogP contribution in [0.3, 0.4) is 0 Å². The Hall–Kier alpha value is -3.27. The van der Waals surface area contributed by atoms with Crippen LogP contribution in [0.5, 0.6) is 17.2 Å². The Morgan fingerprint density at radius 2 is 1.97 bits per heavy atom. The molecule has 2 aliphatic rings. The number of carbonyl (C=O) groups is 1. The first-order chi connectivity index (χ1) is 14.3. The number of fused-ring (bicyclic) bond motifs is 2. The third kappa shape index (κ3) is 3.65. The van der Waals surface area contributed by atoms with Gasteiger partial charge < -0.3 is 23.5 Å². The summed E-state index contributed by atoms with van der Waals surface area (Å²) in [7, 11) is -5.47. The van der Waals surface area contributed by atoms with Crippen molar-refractivity contribution in [2.24, 2.45) is 0 Å². The molecule has 0 amide bonds. The molecular formula is C20H17FO8S. The molecule has 1 heterocycles. The highest BCUT2D eigenvalue weighted by Crippen LogP contribution is 2.49. The zero-order chi connectivity index (χ0) is 21.5. The minimum Gasteiger partial charge on any atom is -0.494 e. The Balaban J connectivity index is 1.90. The molecular weight excluding hydrogens is 419 g/mol. The average Bonchev–Trinajstić information content (AvgIpc) is 3.27. The summed E-state index contributed by atoms with van der Waals surface area (Å²) in [5.41, 5.74) is 0.659. The minimum absolute atomic E-state index is 0.0360. The van der Waals surface area contributed by atoms with Gasteiger partial charge in [0.25, 0.3) is 0 Å². The van der Waals surface area contributed by atoms with Crippen LogP contribution in [-0.2, 0) is 19.5 Å². The average molecular weight is 436 g/mol. The van der Waals surface area contributed by atoms with E-state index < -0.39 is 33.7 Å². The molecule has 0 bridgehead atoms. The molecule has 0 aromatic heterocycles. The van der Waals surface area contributed by atoms with Crippen LogP contribution in [0.15, 0.2) is 42.0 Å². The first kappa shape index (κ1) is 20.0. The maximum absolute atomic E-state index is 13.4. The Kier molecular flexibility index (Phi) is 5.02. The lowest BCUT2D eigenvalue weighted by Gasteiger charge is -2.15. The van der Waals surface area contributed by atoms with Crippen molar-refractivity contribution in [1.82, 2.24) is 0 Å². The lowest BCUT2D eigenvalue weighted by Crippen LogP contribution is -2.11. The molecule has 10 heteroatoms. The van der Waals surface area contributed by atoms with Crippen LogP contribution < -0.4 is 14.2 Å². The maximum Gasteiger partial charge on any atom is 0.488 e. The molecule has 1 aliphatic carbocycles. The fraction of sp³-hybridized carbons (Fsp3) is 0.250. The van der Waals surface area contributed by atoms with Gasteiger partial charge in [0.1, 0.15) is 5.75 Å². The largest absolute Gasteiger partial charge is 0.494 e. The molecule has 0 fully saturated rings. The van der Waals surface area contributed by atoms with Crippen molar-refractivity contribution in [1.29, 1.82) is 0 Å². The fourth-order valence-corrected chi connectivity index (χ4v) is 3.95. The Bertz CT molecular complexity index is 1160. The summed E-state index contributed by atoms with van der Waals surface area (Å²) in [6.45, 7) is 2.35. The van der Waals surface area contributed by atoms with E-state index in [1.54, 1.807) is 30.3 Å². The molecule has 0 saturated carbocycles. The van der Waals surface area contributed by atoms with E-state index in [-0.39, 0.29) is 12.4 Å². The van der Waals surface area contributed by atoms with Gasteiger partial charge in [-0.15, -0.1) is 0 Å². The zero-order valence-corrected chi connectivity index (χ0v) is 16.6. The minimum atomic E-state index is -5.47. The summed E-state index contributed by atoms with van der Waals surface area (Å²) in [5, 5.41) is 9.85. The Labute approximate surface area is 171 Å². The van der Waals surface area contributed by atoms with Crippen LogP contribution >= 0.6 is 0 Å². The molecule has 0 radical (unpaired) electrons. The highest BCUT2D eigenvalue weighted by molar-refractivity contribution is 7.81. The summed E-state index contributed by atoms with van der Waals surface area (Å²) in [4.78, 5) is 12.1. The number of rotatable bonds is 7. The van der Waals surface area contributed by atoms with Crippen LogP contribution in [0.25, 0.3) is 5.76 Å². The summed E-state index contributed by atoms with van der Waals surface area (Å²) in [6, 6.07) is 9.57. The molecule has 1 unspecified atom stereocenters. The number of halogens is 1. The second-order valence-corrected chi connectivity index (χ2v) is 7.62. The number of hydrogen-bond donors (Lipinski definition) is 1. The SMILES string of the molecule is CCCOc1ccc2c(c1)C(OS(=O)(=O)F)=C(C(=O)O)C2c1ccc2c(c1)OCO2. The van der Waals surface area contributed by atoms with Crippen molar-refractivity contribution in [3.63, 3.8) is 0 Å². The zero-order valence-electron chi connectivity index (χ0n) is 15.8. The first-order valence-electron chi connectivity index (χ1n) is 9.06. The van der Waals surface area contributed by atoms with Crippen LogP contribution in [0.1, 0.15) is 36.0 Å². The van der Waals surface area contributed by atoms with Gasteiger partial charge in [-0.25, -0.2) is 4.79 Å². The van der Waals surface area contributed by atoms with Crippen LogP contribution in [0.4, 0.5) is 3.89 Å². The molecule has 30 heavy (non-hydrogen) atoms. The Morgan fingerprint density at radius 1 is 1.20 bits per heavy atom. The van der Waals surface area contributed by atoms with Gasteiger partial charge in [0.15, 0.2) is 17.3 Å². The molecule has 0 saturated heterocycles. The normalized spacial score (nSPS) is 17.1. The highest BCUT2D eigenvalue weighted by Gasteiger charge is 2.40. The number of hydrogen-bond acceptors (Lipinski definition) is 7. The lowest BCUT2D eigenvalue weighted by atomic mass is 9.88. The Morgan fingerprint density at radius 3 is 2.67 bits per heavy atom. The summed E-state index contributed by atoms with van der Waals surface area (Å²) < 4.78 is 56.6. The number of carboxylic acid groups (broad SMARTS) is 1. The van der Waals surface area contributed by atoms with Crippen molar-refractivity contribution in [3.8, 4) is 17.2 Å². The van der Waals surface area contributed by atoms with Gasteiger partial charge in [-0.05, 0) is 41.8 Å². The first-order valence-corrected chi connectivity index (χ1v) is 10.4. The molecule has 0 spiro atoms. The third-order valence-corrected chi connectivity index (χ3v) is 5.10. The molecule has 2 aromatic rings. The van der Waals surface area contributed by atoms with Gasteiger partial charge in [-0.1, -0.05) is 22.9 Å². The monoisotopic (exact) mass is 436 g/mol. The molecule has 158 valence electrons. The predicted octanol–water partition coefficient (Wildman–Crippen LogP) is 3.38. The van der Waals surface area contributed by atoms with Gasteiger partial charge >= 0.3 is 16.5 Å². The van der Waals surface area contributed by atoms with Crippen LogP contribution in [-0.4, -0.2) is 32.9 Å². The van der Waals surface area contributed by atoms with E-state index in [0.29, 0.717) is 35.0 Å². The van der Waals surface area contributed by atoms with E-state index in [4.69, 9.17) is 14.2 Å². The highest BCUT2D eigenvalue weighted by atomic mass is 32.3. The molecule has 1 atom stereocenters. The van der Waals surface area contributed by atoms with E-state index in [1.807, 2.05) is 6.92 Å². The van der Waals surface area contributed by atoms with E-state index in [1.165, 1.54) is 6.07 Å². The molecule has 2 aromatic carbocycles. The van der Waals surface area contributed by atoms with Crippen LogP contribution in [0, 0.1) is 0 Å². The van der Waals surface area contributed by atoms with Crippen molar-refractivity contribution in [3.05, 3.63) is 58.7 Å². The molecule has 4 rings (SSSR count). The van der Waals surface area contributed by atoms with Gasteiger partial charge in [0, 0.05) is 11.5 Å². The van der Waals surface area contributed by atoms with Crippen molar-refractivity contribution >= 4 is 22.2 Å². The smallest absolute Gasteiger partial charge is 0.488 e. The predicted molar refractivity (Wildman–Crippen MR) is 102 cm³/mol. The van der Waals surface area contributed by atoms with Crippen molar-refractivity contribution < 1.29 is 40.6 Å². The molecule has 1 aliphatic heterocycles. The van der Waals surface area contributed by atoms with E-state index >= 15 is 0 Å². The maximum atomic E-state index is 13.4. The number of carboxylic acids is 1. The number of aliphatic carboxylic acids is 1. The van der Waals surface area contributed by atoms with Gasteiger partial charge in [-0.2, -0.15) is 8.42 Å². The lowest BCUT2D eigenvalue weighted by molar-refractivity contribution is -0.132. The number of benzene rings is 2. The van der Waals surface area contributed by atoms with Gasteiger partial charge in [0.05, 0.1) is 12.2 Å². The van der Waals surface area contributed by atoms with Crippen LogP contribution in [0.2, 0.25) is 0 Å². The fourth-order valence-electron chi connectivity index (χ4n) is 3.57. The van der Waals surface area contributed by atoms with Crippen molar-refractivity contribution in [2.45, 2.75) is 19.3 Å². The summed E-state index contributed by atoms with van der Waals surface area (Å²) in [6.07, 6.45) is 0.731. The standard InChI is InChI=1S/C20H17FO8S/c1-2-7-26-12-4-5-13-14(9-12)19(29-30(21,24)25)18(20(22)23)17(13)11-3-6-15-16(8-11)28-10-27-15/h3-6,8-9,17H,2,7,10H2,1H3,(H,22,23). The third-order valence-electron chi connectivity index (χ3n) is 4.73. The topological polar surface area (TPSA) is 108 Å². The molecule has 1 N–H and O–H groups in total. The quantitative estimate of drug-likeness (QED) is 0.658. The molecule has 8 nitrogen and oxygen atoms in total. The van der Waals surface area contributed by atoms with Crippen molar-refractivity contribution in [2.75, 3.05) is 13.4 Å². The van der Waals surface area contributed by atoms with Gasteiger partial charge in [-0.3, -0.25) is 0 Å².